The molecule has 0 bridgehead atoms. The van der Waals surface area contributed by atoms with Crippen LogP contribution in [0.25, 0.3) is 0 Å². The normalized spacial score (nSPS) is 38.1. The Morgan fingerprint density at radius 3 is 2.32 bits per heavy atom. The van der Waals surface area contributed by atoms with E-state index in [4.69, 9.17) is 28.4 Å². The van der Waals surface area contributed by atoms with Gasteiger partial charge in [-0.2, -0.15) is 0 Å². The molecule has 3 aliphatic heterocycles. The lowest BCUT2D eigenvalue weighted by atomic mass is 9.78. The molecule has 4 rings (SSSR count). The molecular weight excluding hydrogens is 722 g/mol. The minimum absolute atomic E-state index is 0.00119. The molecular formula is C42H67N3O11. The number of fused-ring (bicyclic) bond motifs is 1. The highest BCUT2D eigenvalue weighted by atomic mass is 16.7. The molecule has 1 aromatic rings. The zero-order chi connectivity index (χ0) is 41.7. The third-order valence-corrected chi connectivity index (χ3v) is 12.5. The summed E-state index contributed by atoms with van der Waals surface area (Å²) in [5.41, 5.74) is -1.75. The molecule has 2 amide bonds. The second-order valence-electron chi connectivity index (χ2n) is 16.9. The van der Waals surface area contributed by atoms with Crippen LogP contribution in [0.15, 0.2) is 30.3 Å². The zero-order valence-corrected chi connectivity index (χ0v) is 35.5. The summed E-state index contributed by atoms with van der Waals surface area (Å²) < 4.78 is 37.6. The van der Waals surface area contributed by atoms with Gasteiger partial charge in [0, 0.05) is 31.5 Å². The number of rotatable bonds is 9. The van der Waals surface area contributed by atoms with Crippen molar-refractivity contribution >= 4 is 23.9 Å². The lowest BCUT2D eigenvalue weighted by Gasteiger charge is -2.48. The number of esters is 1. The highest BCUT2D eigenvalue weighted by molar-refractivity contribution is 6.00. The van der Waals surface area contributed by atoms with E-state index in [9.17, 15) is 24.3 Å². The van der Waals surface area contributed by atoms with E-state index in [2.05, 4.69) is 10.2 Å². The molecule has 3 saturated heterocycles. The first kappa shape index (κ1) is 45.4. The first-order valence-corrected chi connectivity index (χ1v) is 20.2. The van der Waals surface area contributed by atoms with Crippen molar-refractivity contribution in [3.8, 4) is 0 Å². The van der Waals surface area contributed by atoms with Crippen molar-refractivity contribution in [3.63, 3.8) is 0 Å². The summed E-state index contributed by atoms with van der Waals surface area (Å²) in [5.74, 6) is -3.74. The van der Waals surface area contributed by atoms with Gasteiger partial charge in [-0.25, -0.2) is 9.59 Å². The van der Waals surface area contributed by atoms with Gasteiger partial charge in [-0.3, -0.25) is 9.59 Å². The van der Waals surface area contributed by atoms with Crippen LogP contribution < -0.4 is 5.32 Å². The van der Waals surface area contributed by atoms with Crippen molar-refractivity contribution in [2.75, 3.05) is 27.7 Å². The van der Waals surface area contributed by atoms with E-state index < -0.39 is 89.8 Å². The largest absolute Gasteiger partial charge is 0.458 e. The number of Topliss-reactive ketones (excluding diaryl/α,β-unsaturated/α-hetero) is 1. The van der Waals surface area contributed by atoms with Crippen molar-refractivity contribution in [2.24, 2.45) is 23.7 Å². The summed E-state index contributed by atoms with van der Waals surface area (Å²) in [6, 6.07) is 7.83. The fourth-order valence-corrected chi connectivity index (χ4v) is 9.00. The Bertz CT molecular complexity index is 1500. The maximum atomic E-state index is 14.4. The molecule has 3 fully saturated rings. The molecule has 56 heavy (non-hydrogen) atoms. The van der Waals surface area contributed by atoms with E-state index >= 15 is 0 Å². The number of ketones is 1. The Morgan fingerprint density at radius 2 is 1.73 bits per heavy atom. The van der Waals surface area contributed by atoms with Crippen molar-refractivity contribution in [1.29, 1.82) is 0 Å². The van der Waals surface area contributed by atoms with E-state index in [1.54, 1.807) is 39.7 Å². The summed E-state index contributed by atoms with van der Waals surface area (Å²) in [6.07, 6.45) is -3.61. The second kappa shape index (κ2) is 19.0. The SMILES string of the molecule is CCC(O)C1CC(N(C)C)C(C)[C@H](O[C@@H]2[C@@H](C)C(=O)C(C)C(=O)O[C@H](CC)[C@@]3(C)OC(=O)N[C@@H]3[C@@H](C)N(C(=O)OCc3ccccc3)C[C@H](C)C[C@@]2(C)OC)O1. The third-order valence-electron chi connectivity index (χ3n) is 12.5. The van der Waals surface area contributed by atoms with E-state index in [0.29, 0.717) is 19.3 Å². The highest BCUT2D eigenvalue weighted by Crippen LogP contribution is 2.40. The topological polar surface area (TPSA) is 162 Å². The van der Waals surface area contributed by atoms with E-state index in [1.165, 1.54) is 6.92 Å². The summed E-state index contributed by atoms with van der Waals surface area (Å²) in [4.78, 5) is 59.2. The number of aliphatic hydroxyl groups is 1. The van der Waals surface area contributed by atoms with Crippen LogP contribution in [-0.4, -0.2) is 127 Å². The molecule has 14 heteroatoms. The predicted octanol–water partition coefficient (Wildman–Crippen LogP) is 5.33. The molecule has 14 atom stereocenters. The lowest BCUT2D eigenvalue weighted by Crippen LogP contribution is -2.61. The minimum Gasteiger partial charge on any atom is -0.458 e. The molecule has 0 radical (unpaired) electrons. The molecule has 0 aliphatic carbocycles. The molecule has 3 aliphatic rings. The number of aliphatic hydroxyl groups excluding tert-OH is 1. The van der Waals surface area contributed by atoms with E-state index in [0.717, 1.165) is 5.56 Å². The number of nitrogens with one attached hydrogen (secondary N) is 1. The van der Waals surface area contributed by atoms with Crippen LogP contribution in [0.5, 0.6) is 0 Å². The molecule has 0 spiro atoms. The number of carbonyl (C=O) groups is 4. The Balaban J connectivity index is 1.80. The number of amides is 2. The van der Waals surface area contributed by atoms with Gasteiger partial charge >= 0.3 is 18.2 Å². The van der Waals surface area contributed by atoms with Gasteiger partial charge < -0.3 is 48.6 Å². The Hall–Kier alpha value is -3.30. The first-order valence-electron chi connectivity index (χ1n) is 20.2. The molecule has 0 aromatic heterocycles. The number of cyclic esters (lactones) is 1. The second-order valence-corrected chi connectivity index (χ2v) is 16.9. The van der Waals surface area contributed by atoms with Gasteiger partial charge in [0.1, 0.15) is 18.6 Å². The van der Waals surface area contributed by atoms with Gasteiger partial charge in [0.15, 0.2) is 17.7 Å². The summed E-state index contributed by atoms with van der Waals surface area (Å²) in [7, 11) is 5.52. The number of alkyl carbamates (subject to hydrolysis) is 1. The smallest absolute Gasteiger partial charge is 0.410 e. The van der Waals surface area contributed by atoms with Crippen LogP contribution in [0.3, 0.4) is 0 Å². The fraction of sp³-hybridized carbons (Fsp3) is 0.762. The van der Waals surface area contributed by atoms with E-state index in [-0.39, 0.29) is 37.5 Å². The van der Waals surface area contributed by atoms with Crippen molar-refractivity contribution in [1.82, 2.24) is 15.1 Å². The standard InChI is InChI=1S/C42H67N3O11/c1-13-31(46)32-20-30(44(10)11)25(4)38(53-32)55-36-26(5)34(47)27(6)37(48)54-33(14-2)42(9)35(43-39(49)56-42)28(7)45(22-24(3)21-41(36,8)51-12)40(50)52-23-29-18-16-15-17-19-29/h15-19,24-28,30-33,35-36,38,46H,13-14,20-23H2,1-12H3,(H,43,49)/t24-,25?,26+,27?,28-,30?,31?,32?,33-,35-,36-,38+,41-,42-/m1/s1. The number of hydrogen-bond donors (Lipinski definition) is 2. The number of nitrogens with zero attached hydrogens (tertiary/aromatic N) is 2. The number of benzene rings is 1. The Kier molecular flexibility index (Phi) is 15.4. The van der Waals surface area contributed by atoms with Crippen molar-refractivity contribution in [2.45, 2.75) is 155 Å². The van der Waals surface area contributed by atoms with Crippen LogP contribution >= 0.6 is 0 Å². The quantitative estimate of drug-likeness (QED) is 0.188. The number of methoxy groups -OCH3 is 1. The molecule has 2 N–H and O–H groups in total. The molecule has 1 aromatic carbocycles. The van der Waals surface area contributed by atoms with Crippen LogP contribution in [0, 0.1) is 23.7 Å². The minimum atomic E-state index is -1.40. The van der Waals surface area contributed by atoms with Crippen molar-refractivity contribution in [3.05, 3.63) is 35.9 Å². The van der Waals surface area contributed by atoms with Gasteiger partial charge in [-0.05, 0) is 79.0 Å². The van der Waals surface area contributed by atoms with Crippen LogP contribution in [0.1, 0.15) is 93.6 Å². The molecule has 3 heterocycles. The van der Waals surface area contributed by atoms with Gasteiger partial charge in [0.05, 0.1) is 36.0 Å². The van der Waals surface area contributed by atoms with Gasteiger partial charge in [-0.1, -0.05) is 65.0 Å². The van der Waals surface area contributed by atoms with Crippen LogP contribution in [-0.2, 0) is 44.6 Å². The number of carbonyl (C=O) groups excluding carboxylic acids is 4. The fourth-order valence-electron chi connectivity index (χ4n) is 9.00. The highest BCUT2D eigenvalue weighted by Gasteiger charge is 2.57. The number of ether oxygens (including phenoxy) is 6. The average molecular weight is 790 g/mol. The summed E-state index contributed by atoms with van der Waals surface area (Å²) >= 11 is 0. The molecule has 0 saturated carbocycles. The maximum absolute atomic E-state index is 14.4. The van der Waals surface area contributed by atoms with Gasteiger partial charge in [0.2, 0.25) is 0 Å². The van der Waals surface area contributed by atoms with E-state index in [1.807, 2.05) is 72.1 Å². The summed E-state index contributed by atoms with van der Waals surface area (Å²) in [6.45, 7) is 16.5. The maximum Gasteiger partial charge on any atom is 0.410 e. The first-order chi connectivity index (χ1) is 26.3. The van der Waals surface area contributed by atoms with Crippen LogP contribution in [0.4, 0.5) is 9.59 Å². The van der Waals surface area contributed by atoms with Crippen molar-refractivity contribution < 1.29 is 52.7 Å². The Labute approximate surface area is 333 Å². The van der Waals surface area contributed by atoms with Gasteiger partial charge in [0.25, 0.3) is 0 Å². The predicted molar refractivity (Wildman–Crippen MR) is 208 cm³/mol. The zero-order valence-electron chi connectivity index (χ0n) is 35.5. The molecule has 5 unspecified atom stereocenters. The Morgan fingerprint density at radius 1 is 1.07 bits per heavy atom. The monoisotopic (exact) mass is 789 g/mol. The third kappa shape index (κ3) is 9.86. The molecule has 316 valence electrons. The lowest BCUT2D eigenvalue weighted by molar-refractivity contribution is -0.293. The average Bonchev–Trinajstić information content (AvgIpc) is 3.49. The van der Waals surface area contributed by atoms with Gasteiger partial charge in [-0.15, -0.1) is 0 Å². The number of hydrogen-bond acceptors (Lipinski definition) is 12. The van der Waals surface area contributed by atoms with Crippen LogP contribution in [0.2, 0.25) is 0 Å². The molecule has 14 nitrogen and oxygen atoms in total. The summed E-state index contributed by atoms with van der Waals surface area (Å²) in [5, 5.41) is 13.8.